The van der Waals surface area contributed by atoms with Gasteiger partial charge < -0.3 is 15.1 Å². The van der Waals surface area contributed by atoms with Crippen LogP contribution in [0.3, 0.4) is 0 Å². The lowest BCUT2D eigenvalue weighted by Crippen LogP contribution is -2.20. The third-order valence-corrected chi connectivity index (χ3v) is 5.21. The van der Waals surface area contributed by atoms with E-state index in [4.69, 9.17) is 10.2 Å². The van der Waals surface area contributed by atoms with E-state index in [0.29, 0.717) is 35.1 Å². The van der Waals surface area contributed by atoms with Crippen LogP contribution < -0.4 is 11.3 Å². The van der Waals surface area contributed by atoms with Crippen molar-refractivity contribution in [1.82, 2.24) is 14.5 Å². The van der Waals surface area contributed by atoms with Crippen LogP contribution in [-0.4, -0.2) is 14.5 Å². The quantitative estimate of drug-likeness (QED) is 0.423. The summed E-state index contributed by atoms with van der Waals surface area (Å²) in [4.78, 5) is 21.2. The number of fused-ring (bicyclic) bond motifs is 1. The SMILES string of the molecule is Nc1ccc(F)c(-c2c[nH]c(Cc3ccccc3)c3nc(Cc4ccco4)c(=O)n2-3)c1. The molecule has 1 aromatic heterocycles. The minimum Gasteiger partial charge on any atom is -0.469 e. The highest BCUT2D eigenvalue weighted by Crippen LogP contribution is 2.29. The topological polar surface area (TPSA) is 89.8 Å². The average Bonchev–Trinajstić information content (AvgIpc) is 3.40. The van der Waals surface area contributed by atoms with Crippen LogP contribution in [0.25, 0.3) is 17.1 Å². The van der Waals surface area contributed by atoms with E-state index in [2.05, 4.69) is 9.97 Å². The summed E-state index contributed by atoms with van der Waals surface area (Å²) < 4.78 is 21.5. The van der Waals surface area contributed by atoms with Crippen molar-refractivity contribution in [3.63, 3.8) is 0 Å². The Morgan fingerprint density at radius 1 is 1.06 bits per heavy atom. The largest absolute Gasteiger partial charge is 0.469 e. The highest BCUT2D eigenvalue weighted by Gasteiger charge is 2.24. The van der Waals surface area contributed by atoms with E-state index >= 15 is 0 Å². The number of aromatic amines is 1. The third-order valence-electron chi connectivity index (χ3n) is 5.21. The number of H-pyrrole nitrogens is 1. The molecule has 3 heterocycles. The first-order valence-corrected chi connectivity index (χ1v) is 9.84. The molecule has 6 nitrogen and oxygen atoms in total. The second kappa shape index (κ2) is 7.60. The van der Waals surface area contributed by atoms with Crippen molar-refractivity contribution in [3.05, 3.63) is 112 Å². The minimum absolute atomic E-state index is 0.228. The molecule has 0 atom stereocenters. The Labute approximate surface area is 177 Å². The van der Waals surface area contributed by atoms with Crippen molar-refractivity contribution >= 4 is 5.69 Å². The summed E-state index contributed by atoms with van der Waals surface area (Å²) in [6.07, 6.45) is 3.97. The first-order chi connectivity index (χ1) is 15.1. The Morgan fingerprint density at radius 2 is 1.90 bits per heavy atom. The van der Waals surface area contributed by atoms with Gasteiger partial charge in [-0.25, -0.2) is 9.37 Å². The average molecular weight is 414 g/mol. The zero-order valence-corrected chi connectivity index (χ0v) is 16.5. The molecular formula is C24H19FN4O2. The number of hydrogen-bond donors (Lipinski definition) is 2. The van der Waals surface area contributed by atoms with Gasteiger partial charge in [-0.3, -0.25) is 9.36 Å². The number of nitrogens with two attached hydrogens (primary N) is 1. The summed E-state index contributed by atoms with van der Waals surface area (Å²) in [5.74, 6) is 0.612. The van der Waals surface area contributed by atoms with Gasteiger partial charge in [0, 0.05) is 23.9 Å². The van der Waals surface area contributed by atoms with E-state index in [1.165, 1.54) is 22.8 Å². The maximum absolute atomic E-state index is 14.7. The van der Waals surface area contributed by atoms with Crippen LogP contribution in [0.1, 0.15) is 22.7 Å². The lowest BCUT2D eigenvalue weighted by atomic mass is 10.1. The molecule has 0 spiro atoms. The summed E-state index contributed by atoms with van der Waals surface area (Å²) >= 11 is 0. The molecule has 2 aliphatic heterocycles. The van der Waals surface area contributed by atoms with Gasteiger partial charge in [-0.1, -0.05) is 30.3 Å². The van der Waals surface area contributed by atoms with Crippen LogP contribution >= 0.6 is 0 Å². The van der Waals surface area contributed by atoms with Crippen LogP contribution in [0.2, 0.25) is 0 Å². The molecule has 2 aromatic carbocycles. The molecule has 3 aromatic rings. The molecule has 0 radical (unpaired) electrons. The summed E-state index contributed by atoms with van der Waals surface area (Å²) in [6.45, 7) is 0. The number of hydrogen-bond acceptors (Lipinski definition) is 4. The van der Waals surface area contributed by atoms with Gasteiger partial charge >= 0.3 is 0 Å². The van der Waals surface area contributed by atoms with Gasteiger partial charge in [0.1, 0.15) is 17.3 Å². The number of imidazole rings is 1. The van der Waals surface area contributed by atoms with E-state index in [1.807, 2.05) is 30.3 Å². The predicted octanol–water partition coefficient (Wildman–Crippen LogP) is 4.16. The highest BCUT2D eigenvalue weighted by molar-refractivity contribution is 5.67. The van der Waals surface area contributed by atoms with Crippen LogP contribution in [0, 0.1) is 5.82 Å². The highest BCUT2D eigenvalue weighted by atomic mass is 19.1. The first kappa shape index (κ1) is 18.9. The van der Waals surface area contributed by atoms with E-state index in [0.717, 1.165) is 11.3 Å². The van der Waals surface area contributed by atoms with Gasteiger partial charge in [0.2, 0.25) is 0 Å². The molecule has 154 valence electrons. The van der Waals surface area contributed by atoms with Gasteiger partial charge in [0.15, 0.2) is 5.82 Å². The summed E-state index contributed by atoms with van der Waals surface area (Å²) in [6, 6.07) is 17.7. The summed E-state index contributed by atoms with van der Waals surface area (Å²) in [7, 11) is 0. The van der Waals surface area contributed by atoms with Gasteiger partial charge in [-0.05, 0) is 35.9 Å². The third kappa shape index (κ3) is 3.50. The molecule has 5 rings (SSSR count). The molecule has 0 unspecified atom stereocenters. The molecule has 0 saturated carbocycles. The summed E-state index contributed by atoms with van der Waals surface area (Å²) in [5, 5.41) is 0. The van der Waals surface area contributed by atoms with Crippen LogP contribution in [0.5, 0.6) is 0 Å². The molecular weight excluding hydrogens is 395 g/mol. The monoisotopic (exact) mass is 414 g/mol. The second-order valence-electron chi connectivity index (χ2n) is 7.33. The molecule has 0 amide bonds. The number of aromatic nitrogens is 3. The maximum Gasteiger partial charge on any atom is 0.279 e. The zero-order valence-electron chi connectivity index (χ0n) is 16.5. The minimum atomic E-state index is -0.472. The number of halogens is 1. The van der Waals surface area contributed by atoms with E-state index in [9.17, 15) is 9.18 Å². The first-order valence-electron chi connectivity index (χ1n) is 9.84. The van der Waals surface area contributed by atoms with E-state index < -0.39 is 5.82 Å². The summed E-state index contributed by atoms with van der Waals surface area (Å²) in [5.41, 5.74) is 8.70. The Hall–Kier alpha value is -4.13. The number of rotatable bonds is 5. The number of benzene rings is 2. The normalized spacial score (nSPS) is 11.3. The Morgan fingerprint density at radius 3 is 2.68 bits per heavy atom. The van der Waals surface area contributed by atoms with Crippen molar-refractivity contribution in [3.8, 4) is 17.1 Å². The van der Waals surface area contributed by atoms with Crippen LogP contribution in [0.4, 0.5) is 10.1 Å². The second-order valence-corrected chi connectivity index (χ2v) is 7.33. The maximum atomic E-state index is 14.7. The Bertz CT molecular complexity index is 1370. The van der Waals surface area contributed by atoms with Crippen molar-refractivity contribution in [1.29, 1.82) is 0 Å². The fourth-order valence-electron chi connectivity index (χ4n) is 3.72. The van der Waals surface area contributed by atoms with Gasteiger partial charge in [-0.15, -0.1) is 0 Å². The molecule has 31 heavy (non-hydrogen) atoms. The van der Waals surface area contributed by atoms with Crippen LogP contribution in [-0.2, 0) is 12.8 Å². The standard InChI is InChI=1S/C24H19FN4O2/c25-19-9-8-16(26)12-18(19)22-14-27-20(11-15-5-2-1-3-6-15)23-28-21(24(30)29(22)23)13-17-7-4-10-31-17/h1-10,12,14,27H,11,13,26H2. The fraction of sp³-hybridized carbons (Fsp3) is 0.0833. The molecule has 7 heteroatoms. The van der Waals surface area contributed by atoms with E-state index in [1.54, 1.807) is 24.6 Å². The Kier molecular flexibility index (Phi) is 4.63. The van der Waals surface area contributed by atoms with E-state index in [-0.39, 0.29) is 17.5 Å². The van der Waals surface area contributed by atoms with Crippen molar-refractivity contribution in [2.45, 2.75) is 12.8 Å². The molecule has 0 saturated heterocycles. The fourth-order valence-corrected chi connectivity index (χ4v) is 3.72. The Balaban J connectivity index is 1.71. The number of anilines is 1. The number of nitrogens with one attached hydrogen (secondary N) is 1. The van der Waals surface area contributed by atoms with Crippen LogP contribution in [0.15, 0.2) is 82.3 Å². The number of nitrogen functional groups attached to an aromatic ring is 1. The van der Waals surface area contributed by atoms with Crippen molar-refractivity contribution < 1.29 is 8.81 Å². The molecule has 0 fully saturated rings. The lowest BCUT2D eigenvalue weighted by molar-refractivity contribution is 0.519. The molecule has 2 aliphatic rings. The van der Waals surface area contributed by atoms with Gasteiger partial charge in [-0.2, -0.15) is 0 Å². The number of nitrogens with zero attached hydrogens (tertiary/aromatic N) is 2. The van der Waals surface area contributed by atoms with Crippen molar-refractivity contribution in [2.24, 2.45) is 0 Å². The molecule has 0 aliphatic carbocycles. The van der Waals surface area contributed by atoms with Gasteiger partial charge in [0.05, 0.1) is 24.1 Å². The lowest BCUT2D eigenvalue weighted by Gasteiger charge is -2.15. The van der Waals surface area contributed by atoms with Gasteiger partial charge in [0.25, 0.3) is 5.56 Å². The molecule has 3 N–H and O–H groups in total. The predicted molar refractivity (Wildman–Crippen MR) is 116 cm³/mol. The van der Waals surface area contributed by atoms with Crippen molar-refractivity contribution in [2.75, 3.05) is 5.73 Å². The number of furan rings is 1. The zero-order chi connectivity index (χ0) is 21.4. The molecule has 0 bridgehead atoms. The smallest absolute Gasteiger partial charge is 0.279 e.